The van der Waals surface area contributed by atoms with Gasteiger partial charge in [0.1, 0.15) is 0 Å². The molecule has 2 N–H and O–H groups in total. The maximum Gasteiger partial charge on any atom is 0.0110 e. The third-order valence-electron chi connectivity index (χ3n) is 4.01. The van der Waals surface area contributed by atoms with E-state index >= 15 is 0 Å². The molecule has 3 nitrogen and oxygen atoms in total. The molecular weight excluding hydrogens is 186 g/mol. The summed E-state index contributed by atoms with van der Waals surface area (Å²) in [5.41, 5.74) is 5.95. The molecule has 2 atom stereocenters. The summed E-state index contributed by atoms with van der Waals surface area (Å²) in [6, 6.07) is 0.493. The van der Waals surface area contributed by atoms with Gasteiger partial charge in [-0.25, -0.2) is 0 Å². The standard InChI is InChI=1S/C12H25N3/c1-2-14-5-7-15(8-6-14)10-11-3-4-12(13)9-11/h11-12H,2-10,13H2,1H3. The minimum atomic E-state index is 0.493. The third kappa shape index (κ3) is 3.16. The predicted octanol–water partition coefficient (Wildman–Crippen LogP) is 0.751. The van der Waals surface area contributed by atoms with Crippen molar-refractivity contribution in [1.29, 1.82) is 0 Å². The number of nitrogens with two attached hydrogens (primary N) is 1. The van der Waals surface area contributed by atoms with E-state index < -0.39 is 0 Å². The first-order chi connectivity index (χ1) is 7.28. The average molecular weight is 211 g/mol. The van der Waals surface area contributed by atoms with Crippen molar-refractivity contribution in [2.75, 3.05) is 39.3 Å². The zero-order valence-electron chi connectivity index (χ0n) is 9.99. The second-order valence-electron chi connectivity index (χ2n) is 5.17. The molecule has 0 aromatic heterocycles. The van der Waals surface area contributed by atoms with Crippen LogP contribution in [0.25, 0.3) is 0 Å². The molecule has 0 spiro atoms. The predicted molar refractivity (Wildman–Crippen MR) is 63.9 cm³/mol. The minimum Gasteiger partial charge on any atom is -0.328 e. The fourth-order valence-corrected chi connectivity index (χ4v) is 2.93. The molecule has 2 rings (SSSR count). The molecule has 88 valence electrons. The van der Waals surface area contributed by atoms with Crippen LogP contribution in [0.1, 0.15) is 26.2 Å². The normalized spacial score (nSPS) is 34.8. The second kappa shape index (κ2) is 5.28. The lowest BCUT2D eigenvalue weighted by Crippen LogP contribution is -2.47. The number of piperazine rings is 1. The molecule has 1 heterocycles. The van der Waals surface area contributed by atoms with E-state index in [2.05, 4.69) is 16.7 Å². The summed E-state index contributed by atoms with van der Waals surface area (Å²) in [7, 11) is 0. The molecule has 1 saturated heterocycles. The van der Waals surface area contributed by atoms with E-state index in [1.165, 1.54) is 58.5 Å². The van der Waals surface area contributed by atoms with Crippen LogP contribution < -0.4 is 5.73 Å². The molecule has 1 saturated carbocycles. The first-order valence-corrected chi connectivity index (χ1v) is 6.48. The van der Waals surface area contributed by atoms with E-state index in [1.807, 2.05) is 0 Å². The highest BCUT2D eigenvalue weighted by Crippen LogP contribution is 2.25. The van der Waals surface area contributed by atoms with Gasteiger partial charge in [0.25, 0.3) is 0 Å². The Balaban J connectivity index is 1.68. The summed E-state index contributed by atoms with van der Waals surface area (Å²) in [6.07, 6.45) is 3.86. The van der Waals surface area contributed by atoms with Gasteiger partial charge < -0.3 is 15.5 Å². The van der Waals surface area contributed by atoms with Crippen molar-refractivity contribution in [2.24, 2.45) is 11.7 Å². The molecule has 0 radical (unpaired) electrons. The Kier molecular flexibility index (Phi) is 4.00. The van der Waals surface area contributed by atoms with Crippen LogP contribution in [0.3, 0.4) is 0 Å². The Labute approximate surface area is 93.6 Å². The molecule has 2 fully saturated rings. The van der Waals surface area contributed by atoms with E-state index in [1.54, 1.807) is 0 Å². The quantitative estimate of drug-likeness (QED) is 0.748. The van der Waals surface area contributed by atoms with E-state index in [-0.39, 0.29) is 0 Å². The molecule has 2 unspecified atom stereocenters. The van der Waals surface area contributed by atoms with Crippen LogP contribution in [0.15, 0.2) is 0 Å². The second-order valence-corrected chi connectivity index (χ2v) is 5.17. The topological polar surface area (TPSA) is 32.5 Å². The van der Waals surface area contributed by atoms with E-state index in [0.29, 0.717) is 6.04 Å². The molecular formula is C12H25N3. The molecule has 15 heavy (non-hydrogen) atoms. The van der Waals surface area contributed by atoms with Crippen molar-refractivity contribution in [2.45, 2.75) is 32.2 Å². The molecule has 0 aromatic carbocycles. The summed E-state index contributed by atoms with van der Waals surface area (Å²) >= 11 is 0. The summed E-state index contributed by atoms with van der Waals surface area (Å²) < 4.78 is 0. The zero-order valence-corrected chi connectivity index (χ0v) is 9.99. The summed E-state index contributed by atoms with van der Waals surface area (Å²) in [6.45, 7) is 9.81. The Hall–Kier alpha value is -0.120. The van der Waals surface area contributed by atoms with Crippen LogP contribution in [-0.4, -0.2) is 55.1 Å². The third-order valence-corrected chi connectivity index (χ3v) is 4.01. The van der Waals surface area contributed by atoms with Crippen LogP contribution >= 0.6 is 0 Å². The van der Waals surface area contributed by atoms with Gasteiger partial charge in [-0.2, -0.15) is 0 Å². The molecule has 0 bridgehead atoms. The highest BCUT2D eigenvalue weighted by Gasteiger charge is 2.25. The van der Waals surface area contributed by atoms with Gasteiger partial charge in [0.2, 0.25) is 0 Å². The van der Waals surface area contributed by atoms with Gasteiger partial charge in [0, 0.05) is 38.8 Å². The Morgan fingerprint density at radius 2 is 1.73 bits per heavy atom. The molecule has 0 aromatic rings. The van der Waals surface area contributed by atoms with Gasteiger partial charge in [-0.15, -0.1) is 0 Å². The number of likely N-dealkylation sites (N-methyl/N-ethyl adjacent to an activating group) is 1. The van der Waals surface area contributed by atoms with Crippen LogP contribution in [0.2, 0.25) is 0 Å². The average Bonchev–Trinajstić information content (AvgIpc) is 2.65. The minimum absolute atomic E-state index is 0.493. The number of hydrogen-bond donors (Lipinski definition) is 1. The lowest BCUT2D eigenvalue weighted by Gasteiger charge is -2.35. The molecule has 1 aliphatic heterocycles. The first-order valence-electron chi connectivity index (χ1n) is 6.48. The van der Waals surface area contributed by atoms with Crippen LogP contribution in [0, 0.1) is 5.92 Å². The van der Waals surface area contributed by atoms with Crippen molar-refractivity contribution in [3.63, 3.8) is 0 Å². The SMILES string of the molecule is CCN1CCN(CC2CCC(N)C2)CC1. The monoisotopic (exact) mass is 211 g/mol. The van der Waals surface area contributed by atoms with Crippen molar-refractivity contribution < 1.29 is 0 Å². The molecule has 3 heteroatoms. The smallest absolute Gasteiger partial charge is 0.0110 e. The number of nitrogens with zero attached hydrogens (tertiary/aromatic N) is 2. The fourth-order valence-electron chi connectivity index (χ4n) is 2.93. The lowest BCUT2D eigenvalue weighted by atomic mass is 10.1. The van der Waals surface area contributed by atoms with Crippen LogP contribution in [0.5, 0.6) is 0 Å². The summed E-state index contributed by atoms with van der Waals surface area (Å²) in [5, 5.41) is 0. The van der Waals surface area contributed by atoms with Gasteiger partial charge in [0.15, 0.2) is 0 Å². The summed E-state index contributed by atoms with van der Waals surface area (Å²) in [4.78, 5) is 5.17. The van der Waals surface area contributed by atoms with Crippen molar-refractivity contribution in [3.8, 4) is 0 Å². The van der Waals surface area contributed by atoms with E-state index in [0.717, 1.165) is 5.92 Å². The van der Waals surface area contributed by atoms with E-state index in [9.17, 15) is 0 Å². The van der Waals surface area contributed by atoms with E-state index in [4.69, 9.17) is 5.73 Å². The van der Waals surface area contributed by atoms with Crippen molar-refractivity contribution >= 4 is 0 Å². The largest absolute Gasteiger partial charge is 0.328 e. The molecule has 0 amide bonds. The van der Waals surface area contributed by atoms with Crippen molar-refractivity contribution in [3.05, 3.63) is 0 Å². The maximum atomic E-state index is 5.95. The Morgan fingerprint density at radius 3 is 2.27 bits per heavy atom. The van der Waals surface area contributed by atoms with Gasteiger partial charge in [-0.05, 0) is 31.7 Å². The Morgan fingerprint density at radius 1 is 1.07 bits per heavy atom. The van der Waals surface area contributed by atoms with Crippen LogP contribution in [-0.2, 0) is 0 Å². The number of rotatable bonds is 3. The van der Waals surface area contributed by atoms with Gasteiger partial charge in [0.05, 0.1) is 0 Å². The van der Waals surface area contributed by atoms with Gasteiger partial charge >= 0.3 is 0 Å². The van der Waals surface area contributed by atoms with Crippen molar-refractivity contribution in [1.82, 2.24) is 9.80 Å². The zero-order chi connectivity index (χ0) is 10.7. The Bertz CT molecular complexity index is 187. The summed E-state index contributed by atoms with van der Waals surface area (Å²) in [5.74, 6) is 0.883. The molecule has 2 aliphatic rings. The maximum absolute atomic E-state index is 5.95. The van der Waals surface area contributed by atoms with Crippen LogP contribution in [0.4, 0.5) is 0 Å². The number of hydrogen-bond acceptors (Lipinski definition) is 3. The fraction of sp³-hybridized carbons (Fsp3) is 1.00. The highest BCUT2D eigenvalue weighted by molar-refractivity contribution is 4.81. The first kappa shape index (κ1) is 11.4. The highest BCUT2D eigenvalue weighted by atomic mass is 15.3. The van der Waals surface area contributed by atoms with Gasteiger partial charge in [-0.3, -0.25) is 0 Å². The molecule has 1 aliphatic carbocycles. The lowest BCUT2D eigenvalue weighted by molar-refractivity contribution is 0.122. The van der Waals surface area contributed by atoms with Gasteiger partial charge in [-0.1, -0.05) is 6.92 Å².